The number of rotatable bonds is 7. The molecule has 1 amide bonds. The summed E-state index contributed by atoms with van der Waals surface area (Å²) in [6.45, 7) is 5.51. The van der Waals surface area contributed by atoms with Crippen molar-refractivity contribution in [2.24, 2.45) is 0 Å². The van der Waals surface area contributed by atoms with Crippen LogP contribution >= 0.6 is 0 Å². The average molecular weight is 440 g/mol. The Morgan fingerprint density at radius 3 is 2.00 bits per heavy atom. The highest BCUT2D eigenvalue weighted by molar-refractivity contribution is 5.93. The van der Waals surface area contributed by atoms with Crippen molar-refractivity contribution in [3.05, 3.63) is 101 Å². The van der Waals surface area contributed by atoms with Crippen LogP contribution < -0.4 is 5.32 Å². The Bertz CT molecular complexity index is 1160. The molecule has 0 spiro atoms. The summed E-state index contributed by atoms with van der Waals surface area (Å²) in [5.74, 6) is -0.339. The summed E-state index contributed by atoms with van der Waals surface area (Å²) in [6.07, 6.45) is 3.38. The molecule has 1 N–H and O–H groups in total. The van der Waals surface area contributed by atoms with Gasteiger partial charge in [-0.2, -0.15) is 0 Å². The van der Waals surface area contributed by atoms with E-state index in [2.05, 4.69) is 41.7 Å². The van der Waals surface area contributed by atoms with Gasteiger partial charge >= 0.3 is 5.97 Å². The molecule has 0 bridgehead atoms. The monoisotopic (exact) mass is 439 g/mol. The molecule has 1 aliphatic rings. The zero-order valence-corrected chi connectivity index (χ0v) is 19.4. The summed E-state index contributed by atoms with van der Waals surface area (Å²) in [4.78, 5) is 24.2. The molecule has 0 aromatic heterocycles. The van der Waals surface area contributed by atoms with Gasteiger partial charge in [-0.25, -0.2) is 4.79 Å². The van der Waals surface area contributed by atoms with Gasteiger partial charge in [-0.3, -0.25) is 4.79 Å². The second kappa shape index (κ2) is 9.45. The Morgan fingerprint density at radius 2 is 1.45 bits per heavy atom. The molecule has 33 heavy (non-hydrogen) atoms. The van der Waals surface area contributed by atoms with E-state index in [1.54, 1.807) is 20.8 Å². The molecule has 3 aromatic carbocycles. The van der Waals surface area contributed by atoms with Crippen molar-refractivity contribution in [1.82, 2.24) is 5.32 Å². The van der Waals surface area contributed by atoms with E-state index >= 15 is 0 Å². The van der Waals surface area contributed by atoms with Gasteiger partial charge in [0.25, 0.3) is 0 Å². The summed E-state index contributed by atoms with van der Waals surface area (Å²) in [6, 6.07) is 24.9. The van der Waals surface area contributed by atoms with E-state index in [1.807, 2.05) is 42.5 Å². The van der Waals surface area contributed by atoms with Crippen molar-refractivity contribution in [1.29, 1.82) is 0 Å². The number of hydrogen-bond donors (Lipinski definition) is 1. The highest BCUT2D eigenvalue weighted by Crippen LogP contribution is 2.49. The first-order valence-electron chi connectivity index (χ1n) is 11.4. The molecule has 4 heteroatoms. The number of amides is 1. The lowest BCUT2D eigenvalue weighted by Gasteiger charge is -2.33. The number of nitrogens with one attached hydrogen (secondary N) is 1. The van der Waals surface area contributed by atoms with Gasteiger partial charge in [0, 0.05) is 12.5 Å². The molecule has 0 unspecified atom stereocenters. The number of carbonyl (C=O) groups excluding carboxylic acids is 2. The SMILES string of the molecule is CCOC(=O)C(C)=Cc1ccc(CCC2(NC(C)=O)c3ccccc3-c3ccccc32)cc1. The number of carbonyl (C=O) groups is 2. The molecule has 0 saturated heterocycles. The van der Waals surface area contributed by atoms with Gasteiger partial charge in [0.2, 0.25) is 5.91 Å². The minimum atomic E-state index is -0.557. The second-order valence-corrected chi connectivity index (χ2v) is 8.47. The summed E-state index contributed by atoms with van der Waals surface area (Å²) in [5, 5.41) is 3.30. The fourth-order valence-electron chi connectivity index (χ4n) is 4.76. The van der Waals surface area contributed by atoms with Gasteiger partial charge in [-0.05, 0) is 66.1 Å². The average Bonchev–Trinajstić information content (AvgIpc) is 3.09. The van der Waals surface area contributed by atoms with E-state index in [0.717, 1.165) is 29.5 Å². The molecule has 4 nitrogen and oxygen atoms in total. The Morgan fingerprint density at radius 1 is 0.879 bits per heavy atom. The van der Waals surface area contributed by atoms with Gasteiger partial charge in [0.1, 0.15) is 0 Å². The number of fused-ring (bicyclic) bond motifs is 3. The zero-order chi connectivity index (χ0) is 23.4. The van der Waals surface area contributed by atoms with Crippen LogP contribution in [0.2, 0.25) is 0 Å². The smallest absolute Gasteiger partial charge is 0.333 e. The molecule has 0 heterocycles. The number of ether oxygens (including phenoxy) is 1. The maximum atomic E-state index is 12.3. The van der Waals surface area contributed by atoms with E-state index in [1.165, 1.54) is 16.7 Å². The fourth-order valence-corrected chi connectivity index (χ4v) is 4.76. The molecule has 4 rings (SSSR count). The summed E-state index contributed by atoms with van der Waals surface area (Å²) in [7, 11) is 0. The van der Waals surface area contributed by atoms with E-state index in [-0.39, 0.29) is 11.9 Å². The van der Waals surface area contributed by atoms with Crippen LogP contribution in [0.3, 0.4) is 0 Å². The summed E-state index contributed by atoms with van der Waals surface area (Å²) in [5.41, 5.74) is 6.79. The topological polar surface area (TPSA) is 55.4 Å². The minimum Gasteiger partial charge on any atom is -0.463 e. The predicted molar refractivity (Wildman–Crippen MR) is 132 cm³/mol. The van der Waals surface area contributed by atoms with Gasteiger partial charge < -0.3 is 10.1 Å². The lowest BCUT2D eigenvalue weighted by Crippen LogP contribution is -2.45. The third-order valence-corrected chi connectivity index (χ3v) is 6.20. The van der Waals surface area contributed by atoms with E-state index in [0.29, 0.717) is 12.2 Å². The Hall–Kier alpha value is -3.66. The van der Waals surface area contributed by atoms with Crippen molar-refractivity contribution < 1.29 is 14.3 Å². The van der Waals surface area contributed by atoms with Crippen molar-refractivity contribution in [3.63, 3.8) is 0 Å². The largest absolute Gasteiger partial charge is 0.463 e. The summed E-state index contributed by atoms with van der Waals surface area (Å²) >= 11 is 0. The highest BCUT2D eigenvalue weighted by atomic mass is 16.5. The van der Waals surface area contributed by atoms with Crippen LogP contribution in [-0.2, 0) is 26.3 Å². The summed E-state index contributed by atoms with van der Waals surface area (Å²) < 4.78 is 5.05. The van der Waals surface area contributed by atoms with Crippen LogP contribution in [0.5, 0.6) is 0 Å². The molecular weight excluding hydrogens is 410 g/mol. The number of hydrogen-bond acceptors (Lipinski definition) is 3. The molecule has 0 saturated carbocycles. The molecular formula is C29H29NO3. The van der Waals surface area contributed by atoms with E-state index in [4.69, 9.17) is 4.74 Å². The molecule has 0 radical (unpaired) electrons. The van der Waals surface area contributed by atoms with Gasteiger partial charge in [-0.15, -0.1) is 0 Å². The lowest BCUT2D eigenvalue weighted by atomic mass is 9.82. The Balaban J connectivity index is 1.61. The van der Waals surface area contributed by atoms with E-state index in [9.17, 15) is 9.59 Å². The van der Waals surface area contributed by atoms with Crippen LogP contribution in [0.25, 0.3) is 17.2 Å². The molecule has 0 aliphatic heterocycles. The lowest BCUT2D eigenvalue weighted by molar-refractivity contribution is -0.138. The van der Waals surface area contributed by atoms with Crippen LogP contribution in [-0.4, -0.2) is 18.5 Å². The van der Waals surface area contributed by atoms with Crippen LogP contribution in [0.15, 0.2) is 78.4 Å². The fraction of sp³-hybridized carbons (Fsp3) is 0.241. The van der Waals surface area contributed by atoms with Crippen molar-refractivity contribution in [3.8, 4) is 11.1 Å². The van der Waals surface area contributed by atoms with Crippen LogP contribution in [0.4, 0.5) is 0 Å². The van der Waals surface area contributed by atoms with Crippen molar-refractivity contribution in [2.75, 3.05) is 6.61 Å². The Labute approximate surface area is 195 Å². The zero-order valence-electron chi connectivity index (χ0n) is 19.4. The molecule has 3 aromatic rings. The number of aryl methyl sites for hydroxylation is 1. The maximum absolute atomic E-state index is 12.3. The first kappa shape index (κ1) is 22.5. The van der Waals surface area contributed by atoms with Crippen LogP contribution in [0.1, 0.15) is 49.4 Å². The minimum absolute atomic E-state index is 0.0450. The first-order chi connectivity index (χ1) is 15.9. The predicted octanol–water partition coefficient (Wildman–Crippen LogP) is 5.65. The van der Waals surface area contributed by atoms with Gasteiger partial charge in [0.15, 0.2) is 0 Å². The first-order valence-corrected chi connectivity index (χ1v) is 11.4. The third kappa shape index (κ3) is 4.47. The number of benzene rings is 3. The second-order valence-electron chi connectivity index (χ2n) is 8.47. The highest BCUT2D eigenvalue weighted by Gasteiger charge is 2.43. The number of esters is 1. The van der Waals surface area contributed by atoms with Crippen molar-refractivity contribution >= 4 is 18.0 Å². The quantitative estimate of drug-likeness (QED) is 0.383. The van der Waals surface area contributed by atoms with Crippen LogP contribution in [0, 0.1) is 0 Å². The van der Waals surface area contributed by atoms with Crippen molar-refractivity contribution in [2.45, 2.75) is 39.2 Å². The molecule has 1 aliphatic carbocycles. The Kier molecular flexibility index (Phi) is 6.45. The third-order valence-electron chi connectivity index (χ3n) is 6.20. The van der Waals surface area contributed by atoms with E-state index < -0.39 is 5.54 Å². The molecule has 0 atom stereocenters. The molecule has 0 fully saturated rings. The van der Waals surface area contributed by atoms with Gasteiger partial charge in [-0.1, -0.05) is 72.8 Å². The standard InChI is InChI=1S/C29H29NO3/c1-4-33-28(32)20(2)19-23-15-13-22(14-16-23)17-18-29(30-21(3)31)26-11-7-5-9-24(26)25-10-6-8-12-27(25)29/h5-16,19H,4,17-18H2,1-3H3,(H,30,31). The maximum Gasteiger partial charge on any atom is 0.333 e. The normalized spacial score (nSPS) is 13.7. The molecule has 168 valence electrons. The van der Waals surface area contributed by atoms with Gasteiger partial charge in [0.05, 0.1) is 12.1 Å².